The Morgan fingerprint density at radius 1 is 1.19 bits per heavy atom. The lowest BCUT2D eigenvalue weighted by Crippen LogP contribution is -2.24. The largest absolute Gasteiger partial charge is 0.497 e. The SMILES string of the molecule is COc1cc(OC)cc(-c2nc3c(c(=O)[nH]2)COCC3)c1. The van der Waals surface area contributed by atoms with Crippen molar-refractivity contribution >= 4 is 0 Å². The van der Waals surface area contributed by atoms with Crippen molar-refractivity contribution < 1.29 is 14.2 Å². The van der Waals surface area contributed by atoms with E-state index in [1.54, 1.807) is 20.3 Å². The molecule has 2 heterocycles. The normalized spacial score (nSPS) is 13.6. The second kappa shape index (κ2) is 5.57. The van der Waals surface area contributed by atoms with Crippen LogP contribution in [-0.4, -0.2) is 30.8 Å². The van der Waals surface area contributed by atoms with Crippen LogP contribution in [0, 0.1) is 0 Å². The summed E-state index contributed by atoms with van der Waals surface area (Å²) < 4.78 is 15.8. The Kier molecular flexibility index (Phi) is 3.62. The third-order valence-electron chi connectivity index (χ3n) is 3.46. The van der Waals surface area contributed by atoms with Crippen LogP contribution in [0.15, 0.2) is 23.0 Å². The van der Waals surface area contributed by atoms with E-state index in [0.29, 0.717) is 42.5 Å². The molecule has 0 saturated carbocycles. The summed E-state index contributed by atoms with van der Waals surface area (Å²) in [7, 11) is 3.16. The zero-order valence-corrected chi connectivity index (χ0v) is 11.9. The van der Waals surface area contributed by atoms with Crippen molar-refractivity contribution in [2.45, 2.75) is 13.0 Å². The molecule has 0 fully saturated rings. The number of aromatic nitrogens is 2. The van der Waals surface area contributed by atoms with Crippen LogP contribution in [0.5, 0.6) is 11.5 Å². The quantitative estimate of drug-likeness (QED) is 0.927. The maximum absolute atomic E-state index is 12.1. The van der Waals surface area contributed by atoms with Gasteiger partial charge in [-0.15, -0.1) is 0 Å². The highest BCUT2D eigenvalue weighted by Gasteiger charge is 2.17. The molecule has 0 radical (unpaired) electrons. The molecule has 110 valence electrons. The summed E-state index contributed by atoms with van der Waals surface area (Å²) in [5.41, 5.74) is 2.00. The number of methoxy groups -OCH3 is 2. The highest BCUT2D eigenvalue weighted by Crippen LogP contribution is 2.28. The van der Waals surface area contributed by atoms with E-state index >= 15 is 0 Å². The first-order valence-electron chi connectivity index (χ1n) is 6.64. The number of aromatic amines is 1. The molecule has 0 atom stereocenters. The first-order valence-corrected chi connectivity index (χ1v) is 6.64. The van der Waals surface area contributed by atoms with Gasteiger partial charge >= 0.3 is 0 Å². The van der Waals surface area contributed by atoms with Gasteiger partial charge in [-0.2, -0.15) is 0 Å². The van der Waals surface area contributed by atoms with Gasteiger partial charge in [0.05, 0.1) is 38.7 Å². The van der Waals surface area contributed by atoms with Crippen LogP contribution in [-0.2, 0) is 17.8 Å². The molecule has 1 aromatic heterocycles. The minimum Gasteiger partial charge on any atom is -0.497 e. The molecule has 21 heavy (non-hydrogen) atoms. The molecule has 1 aliphatic rings. The van der Waals surface area contributed by atoms with Crippen molar-refractivity contribution in [3.63, 3.8) is 0 Å². The molecule has 1 aromatic carbocycles. The Labute approximate surface area is 121 Å². The van der Waals surface area contributed by atoms with Gasteiger partial charge in [-0.05, 0) is 12.1 Å². The maximum atomic E-state index is 12.1. The number of hydrogen-bond acceptors (Lipinski definition) is 5. The molecule has 0 unspecified atom stereocenters. The highest BCUT2D eigenvalue weighted by atomic mass is 16.5. The van der Waals surface area contributed by atoms with Gasteiger partial charge < -0.3 is 19.2 Å². The van der Waals surface area contributed by atoms with Gasteiger partial charge in [0.2, 0.25) is 0 Å². The van der Waals surface area contributed by atoms with Gasteiger partial charge in [-0.25, -0.2) is 4.98 Å². The minimum absolute atomic E-state index is 0.156. The first kappa shape index (κ1) is 13.6. The third-order valence-corrected chi connectivity index (χ3v) is 3.46. The van der Waals surface area contributed by atoms with Crippen molar-refractivity contribution in [3.05, 3.63) is 39.8 Å². The summed E-state index contributed by atoms with van der Waals surface area (Å²) in [6.07, 6.45) is 0.646. The van der Waals surface area contributed by atoms with Gasteiger partial charge in [-0.3, -0.25) is 4.79 Å². The van der Waals surface area contributed by atoms with Crippen molar-refractivity contribution in [3.8, 4) is 22.9 Å². The number of fused-ring (bicyclic) bond motifs is 1. The zero-order valence-electron chi connectivity index (χ0n) is 11.9. The summed E-state index contributed by atoms with van der Waals surface area (Å²) in [5.74, 6) is 1.80. The fourth-order valence-electron chi connectivity index (χ4n) is 2.32. The van der Waals surface area contributed by atoms with Gasteiger partial charge in [0.25, 0.3) is 5.56 Å². The van der Waals surface area contributed by atoms with Gasteiger partial charge in [-0.1, -0.05) is 0 Å². The molecule has 3 rings (SSSR count). The topological polar surface area (TPSA) is 73.4 Å². The smallest absolute Gasteiger partial charge is 0.256 e. The average molecular weight is 288 g/mol. The second-order valence-electron chi connectivity index (χ2n) is 4.74. The summed E-state index contributed by atoms with van der Waals surface area (Å²) >= 11 is 0. The number of nitrogens with one attached hydrogen (secondary N) is 1. The second-order valence-corrected chi connectivity index (χ2v) is 4.74. The summed E-state index contributed by atoms with van der Waals surface area (Å²) in [6.45, 7) is 0.906. The lowest BCUT2D eigenvalue weighted by molar-refractivity contribution is 0.108. The molecule has 0 spiro atoms. The monoisotopic (exact) mass is 288 g/mol. The van der Waals surface area contributed by atoms with Crippen LogP contribution in [0.4, 0.5) is 0 Å². The summed E-state index contributed by atoms with van der Waals surface area (Å²) in [4.78, 5) is 19.5. The molecule has 0 bridgehead atoms. The van der Waals surface area contributed by atoms with E-state index in [4.69, 9.17) is 14.2 Å². The summed E-state index contributed by atoms with van der Waals surface area (Å²) in [5, 5.41) is 0. The van der Waals surface area contributed by atoms with Gasteiger partial charge in [0.15, 0.2) is 0 Å². The van der Waals surface area contributed by atoms with Gasteiger partial charge in [0, 0.05) is 18.1 Å². The molecule has 6 heteroatoms. The van der Waals surface area contributed by atoms with Gasteiger partial charge in [0.1, 0.15) is 17.3 Å². The maximum Gasteiger partial charge on any atom is 0.256 e. The van der Waals surface area contributed by atoms with Crippen LogP contribution in [0.2, 0.25) is 0 Å². The molecule has 1 aliphatic heterocycles. The Hall–Kier alpha value is -2.34. The van der Waals surface area contributed by atoms with E-state index in [0.717, 1.165) is 11.3 Å². The van der Waals surface area contributed by atoms with Crippen LogP contribution >= 0.6 is 0 Å². The third kappa shape index (κ3) is 2.62. The average Bonchev–Trinajstić information content (AvgIpc) is 2.54. The van der Waals surface area contributed by atoms with Crippen molar-refractivity contribution in [2.75, 3.05) is 20.8 Å². The number of hydrogen-bond donors (Lipinski definition) is 1. The highest BCUT2D eigenvalue weighted by molar-refractivity contribution is 5.61. The number of H-pyrrole nitrogens is 1. The van der Waals surface area contributed by atoms with Crippen LogP contribution in [0.3, 0.4) is 0 Å². The van der Waals surface area contributed by atoms with Crippen LogP contribution < -0.4 is 15.0 Å². The molecule has 6 nitrogen and oxygen atoms in total. The fourth-order valence-corrected chi connectivity index (χ4v) is 2.32. The van der Waals surface area contributed by atoms with Crippen LogP contribution in [0.25, 0.3) is 11.4 Å². The lowest BCUT2D eigenvalue weighted by atomic mass is 10.1. The molecule has 1 N–H and O–H groups in total. The first-order chi connectivity index (χ1) is 10.2. The Morgan fingerprint density at radius 3 is 2.57 bits per heavy atom. The van der Waals surface area contributed by atoms with E-state index < -0.39 is 0 Å². The van der Waals surface area contributed by atoms with E-state index in [2.05, 4.69) is 9.97 Å². The predicted octanol–water partition coefficient (Wildman–Crippen LogP) is 1.53. The molecule has 0 amide bonds. The predicted molar refractivity (Wildman–Crippen MR) is 76.8 cm³/mol. The molecular weight excluding hydrogens is 272 g/mol. The number of benzene rings is 1. The summed E-state index contributed by atoms with van der Waals surface area (Å²) in [6, 6.07) is 5.40. The van der Waals surface area contributed by atoms with Crippen molar-refractivity contribution in [1.82, 2.24) is 9.97 Å². The molecule has 0 saturated heterocycles. The Balaban J connectivity index is 2.12. The number of rotatable bonds is 3. The zero-order chi connectivity index (χ0) is 14.8. The Bertz CT molecular complexity index is 702. The standard InChI is InChI=1S/C15H16N2O4/c1-19-10-5-9(6-11(7-10)20-2)14-16-13-3-4-21-8-12(13)15(18)17-14/h5-7H,3-4,8H2,1-2H3,(H,16,17,18). The fraction of sp³-hybridized carbons (Fsp3) is 0.333. The molecular formula is C15H16N2O4. The molecule has 0 aliphatic carbocycles. The van der Waals surface area contributed by atoms with E-state index in [9.17, 15) is 4.79 Å². The minimum atomic E-state index is -0.156. The van der Waals surface area contributed by atoms with E-state index in [-0.39, 0.29) is 5.56 Å². The number of nitrogens with zero attached hydrogens (tertiary/aromatic N) is 1. The lowest BCUT2D eigenvalue weighted by Gasteiger charge is -2.15. The van der Waals surface area contributed by atoms with Crippen molar-refractivity contribution in [1.29, 1.82) is 0 Å². The van der Waals surface area contributed by atoms with E-state index in [1.165, 1.54) is 0 Å². The van der Waals surface area contributed by atoms with E-state index in [1.807, 2.05) is 12.1 Å². The number of ether oxygens (including phenoxy) is 3. The molecule has 2 aromatic rings. The van der Waals surface area contributed by atoms with Crippen LogP contribution in [0.1, 0.15) is 11.3 Å². The van der Waals surface area contributed by atoms with Crippen molar-refractivity contribution in [2.24, 2.45) is 0 Å². The Morgan fingerprint density at radius 2 is 1.90 bits per heavy atom.